The Kier molecular flexibility index (Phi) is 5.21. The van der Waals surface area contributed by atoms with Gasteiger partial charge in [0.1, 0.15) is 0 Å². The first-order valence-corrected chi connectivity index (χ1v) is 7.32. The molecule has 0 saturated carbocycles. The van der Waals surface area contributed by atoms with Gasteiger partial charge in [-0.1, -0.05) is 0 Å². The molecule has 1 aliphatic heterocycles. The third-order valence-corrected chi connectivity index (χ3v) is 3.96. The minimum absolute atomic E-state index is 0. The fraction of sp³-hybridized carbons (Fsp3) is 0.375. The highest BCUT2D eigenvalue weighted by Gasteiger charge is 2.16. The first-order valence-electron chi connectivity index (χ1n) is 7.32. The van der Waals surface area contributed by atoms with Gasteiger partial charge in [0.05, 0.1) is 11.1 Å². The molecule has 6 heteroatoms. The molecular formula is C16H21ClN4O. The molecule has 0 radical (unpaired) electrons. The van der Waals surface area contributed by atoms with Crippen LogP contribution in [0.15, 0.2) is 24.3 Å². The van der Waals surface area contributed by atoms with Crippen LogP contribution in [0.1, 0.15) is 28.9 Å². The molecule has 4 N–H and O–H groups in total. The lowest BCUT2D eigenvalue weighted by Crippen LogP contribution is -2.35. The number of primary amides is 1. The molecule has 0 spiro atoms. The number of anilines is 1. The second kappa shape index (κ2) is 6.94. The number of pyridine rings is 1. The third kappa shape index (κ3) is 3.31. The van der Waals surface area contributed by atoms with Crippen molar-refractivity contribution >= 4 is 34.9 Å². The number of amides is 1. The maximum absolute atomic E-state index is 11.6. The highest BCUT2D eigenvalue weighted by molar-refractivity contribution is 6.08. The number of hydrogen-bond donors (Lipinski definition) is 3. The topological polar surface area (TPSA) is 80.0 Å². The van der Waals surface area contributed by atoms with Crippen molar-refractivity contribution in [3.8, 4) is 0 Å². The van der Waals surface area contributed by atoms with Gasteiger partial charge < -0.3 is 16.4 Å². The number of carbonyl (C=O) groups excluding carboxylic acids is 1. The average molecular weight is 321 g/mol. The summed E-state index contributed by atoms with van der Waals surface area (Å²) in [6, 6.07) is 8.12. The van der Waals surface area contributed by atoms with Crippen LogP contribution in [0.3, 0.4) is 0 Å². The lowest BCUT2D eigenvalue weighted by atomic mass is 10.0. The minimum Gasteiger partial charge on any atom is -0.382 e. The third-order valence-electron chi connectivity index (χ3n) is 3.96. The number of carbonyl (C=O) groups is 1. The smallest absolute Gasteiger partial charge is 0.250 e. The van der Waals surface area contributed by atoms with Gasteiger partial charge in [0.2, 0.25) is 0 Å². The first-order chi connectivity index (χ1) is 10.1. The van der Waals surface area contributed by atoms with E-state index in [-0.39, 0.29) is 12.4 Å². The van der Waals surface area contributed by atoms with E-state index in [0.29, 0.717) is 17.1 Å². The van der Waals surface area contributed by atoms with Gasteiger partial charge in [-0.25, -0.2) is 0 Å². The Labute approximate surface area is 136 Å². The van der Waals surface area contributed by atoms with Gasteiger partial charge in [-0.3, -0.25) is 9.78 Å². The molecular weight excluding hydrogens is 300 g/mol. The van der Waals surface area contributed by atoms with Crippen LogP contribution in [0.4, 0.5) is 5.69 Å². The zero-order valence-electron chi connectivity index (χ0n) is 12.6. The Balaban J connectivity index is 0.00000176. The molecule has 0 atom stereocenters. The molecule has 1 fully saturated rings. The standard InChI is InChI=1S/C16H20N4O.ClH/c1-10-2-3-12-14(20-11-6-8-18-9-7-11)5-4-13(16(17)21)15(12)19-10;/h2-5,11,18,20H,6-9H2,1H3,(H2,17,21);1H. The number of halogens is 1. The fourth-order valence-electron chi connectivity index (χ4n) is 2.83. The Hall–Kier alpha value is -1.85. The average Bonchev–Trinajstić information content (AvgIpc) is 2.48. The van der Waals surface area contributed by atoms with Gasteiger partial charge in [0, 0.05) is 22.8 Å². The van der Waals surface area contributed by atoms with Crippen molar-refractivity contribution in [3.63, 3.8) is 0 Å². The second-order valence-corrected chi connectivity index (χ2v) is 5.54. The van der Waals surface area contributed by atoms with Crippen LogP contribution in [0.5, 0.6) is 0 Å². The number of aryl methyl sites for hydroxylation is 1. The summed E-state index contributed by atoms with van der Waals surface area (Å²) in [5.41, 5.74) is 8.52. The molecule has 0 aliphatic carbocycles. The summed E-state index contributed by atoms with van der Waals surface area (Å²) in [6.45, 7) is 3.98. The van der Waals surface area contributed by atoms with E-state index in [1.807, 2.05) is 25.1 Å². The van der Waals surface area contributed by atoms with E-state index >= 15 is 0 Å². The van der Waals surface area contributed by atoms with E-state index in [0.717, 1.165) is 42.7 Å². The van der Waals surface area contributed by atoms with Crippen molar-refractivity contribution in [2.24, 2.45) is 5.73 Å². The molecule has 0 bridgehead atoms. The van der Waals surface area contributed by atoms with Crippen LogP contribution in [-0.2, 0) is 0 Å². The minimum atomic E-state index is -0.438. The molecule has 2 aromatic rings. The van der Waals surface area contributed by atoms with Gasteiger partial charge in [-0.15, -0.1) is 12.4 Å². The van der Waals surface area contributed by atoms with Crippen LogP contribution in [0.25, 0.3) is 10.9 Å². The number of nitrogens with zero attached hydrogens (tertiary/aromatic N) is 1. The van der Waals surface area contributed by atoms with E-state index in [1.165, 1.54) is 0 Å². The Bertz CT molecular complexity index is 683. The molecule has 1 aromatic carbocycles. The summed E-state index contributed by atoms with van der Waals surface area (Å²) in [6.07, 6.45) is 2.19. The molecule has 118 valence electrons. The maximum atomic E-state index is 11.6. The van der Waals surface area contributed by atoms with Crippen molar-refractivity contribution in [1.29, 1.82) is 0 Å². The van der Waals surface area contributed by atoms with Crippen LogP contribution < -0.4 is 16.4 Å². The lowest BCUT2D eigenvalue weighted by molar-refractivity contribution is 0.100. The largest absolute Gasteiger partial charge is 0.382 e. The van der Waals surface area contributed by atoms with Crippen molar-refractivity contribution in [2.45, 2.75) is 25.8 Å². The molecule has 1 aromatic heterocycles. The Morgan fingerprint density at radius 3 is 2.68 bits per heavy atom. The Morgan fingerprint density at radius 1 is 1.27 bits per heavy atom. The summed E-state index contributed by atoms with van der Waals surface area (Å²) in [7, 11) is 0. The number of nitrogens with two attached hydrogens (primary N) is 1. The van der Waals surface area contributed by atoms with E-state index < -0.39 is 5.91 Å². The quantitative estimate of drug-likeness (QED) is 0.810. The van der Waals surface area contributed by atoms with Crippen LogP contribution >= 0.6 is 12.4 Å². The van der Waals surface area contributed by atoms with Gasteiger partial charge in [-0.2, -0.15) is 0 Å². The summed E-state index contributed by atoms with van der Waals surface area (Å²) in [5, 5.41) is 7.89. The molecule has 1 aliphatic rings. The number of benzene rings is 1. The number of hydrogen-bond acceptors (Lipinski definition) is 4. The van der Waals surface area contributed by atoms with Crippen molar-refractivity contribution in [2.75, 3.05) is 18.4 Å². The summed E-state index contributed by atoms with van der Waals surface area (Å²) >= 11 is 0. The molecule has 22 heavy (non-hydrogen) atoms. The number of aromatic nitrogens is 1. The molecule has 3 rings (SSSR count). The second-order valence-electron chi connectivity index (χ2n) is 5.54. The number of rotatable bonds is 3. The van der Waals surface area contributed by atoms with Crippen LogP contribution in [0.2, 0.25) is 0 Å². The molecule has 1 amide bonds. The van der Waals surface area contributed by atoms with Gasteiger partial charge >= 0.3 is 0 Å². The fourth-order valence-corrected chi connectivity index (χ4v) is 2.83. The first kappa shape index (κ1) is 16.5. The van der Waals surface area contributed by atoms with Crippen molar-refractivity contribution in [3.05, 3.63) is 35.5 Å². The van der Waals surface area contributed by atoms with Crippen molar-refractivity contribution < 1.29 is 4.79 Å². The summed E-state index contributed by atoms with van der Waals surface area (Å²) in [5.74, 6) is -0.438. The number of fused-ring (bicyclic) bond motifs is 1. The van der Waals surface area contributed by atoms with Crippen LogP contribution in [0, 0.1) is 6.92 Å². The van der Waals surface area contributed by atoms with Crippen LogP contribution in [-0.4, -0.2) is 30.0 Å². The van der Waals surface area contributed by atoms with E-state index in [2.05, 4.69) is 15.6 Å². The Morgan fingerprint density at radius 2 is 2.00 bits per heavy atom. The predicted octanol–water partition coefficient (Wildman–Crippen LogP) is 2.23. The number of piperidine rings is 1. The normalized spacial score (nSPS) is 15.3. The van der Waals surface area contributed by atoms with E-state index in [1.54, 1.807) is 6.07 Å². The molecule has 5 nitrogen and oxygen atoms in total. The van der Waals surface area contributed by atoms with Gasteiger partial charge in [0.25, 0.3) is 5.91 Å². The highest BCUT2D eigenvalue weighted by Crippen LogP contribution is 2.27. The highest BCUT2D eigenvalue weighted by atomic mass is 35.5. The molecule has 2 heterocycles. The lowest BCUT2D eigenvalue weighted by Gasteiger charge is -2.25. The monoisotopic (exact) mass is 320 g/mol. The maximum Gasteiger partial charge on any atom is 0.250 e. The SMILES string of the molecule is Cc1ccc2c(NC3CCNCC3)ccc(C(N)=O)c2n1.Cl. The molecule has 1 saturated heterocycles. The number of nitrogens with one attached hydrogen (secondary N) is 2. The van der Waals surface area contributed by atoms with E-state index in [4.69, 9.17) is 5.73 Å². The zero-order valence-corrected chi connectivity index (χ0v) is 13.4. The zero-order chi connectivity index (χ0) is 14.8. The van der Waals surface area contributed by atoms with E-state index in [9.17, 15) is 4.79 Å². The predicted molar refractivity (Wildman–Crippen MR) is 91.8 cm³/mol. The molecule has 0 unspecified atom stereocenters. The summed E-state index contributed by atoms with van der Waals surface area (Å²) < 4.78 is 0. The van der Waals surface area contributed by atoms with Gasteiger partial charge in [0.15, 0.2) is 0 Å². The van der Waals surface area contributed by atoms with Gasteiger partial charge in [-0.05, 0) is 57.1 Å². The summed E-state index contributed by atoms with van der Waals surface area (Å²) in [4.78, 5) is 16.1. The van der Waals surface area contributed by atoms with Crippen molar-refractivity contribution in [1.82, 2.24) is 10.3 Å².